The van der Waals surface area contributed by atoms with Gasteiger partial charge in [-0.15, -0.1) is 0 Å². The lowest BCUT2D eigenvalue weighted by molar-refractivity contribution is 0.416. The van der Waals surface area contributed by atoms with Gasteiger partial charge in [0.2, 0.25) is 0 Å². The van der Waals surface area contributed by atoms with E-state index in [9.17, 15) is 17.2 Å². The Hall–Kier alpha value is -4.38. The van der Waals surface area contributed by atoms with Crippen LogP contribution in [-0.4, -0.2) is 30.7 Å². The number of sulfonamides is 1. The molecule has 2 heterocycles. The minimum atomic E-state index is -3.93. The quantitative estimate of drug-likeness (QED) is 0.330. The van der Waals surface area contributed by atoms with Crippen LogP contribution >= 0.6 is 0 Å². The summed E-state index contributed by atoms with van der Waals surface area (Å²) in [5.41, 5.74) is 3.21. The van der Waals surface area contributed by atoms with Crippen LogP contribution in [0.1, 0.15) is 5.56 Å². The van der Waals surface area contributed by atoms with Gasteiger partial charge in [0.15, 0.2) is 5.82 Å². The molecule has 0 aliphatic rings. The number of hydrogen-bond donors (Lipinski definition) is 1. The summed E-state index contributed by atoms with van der Waals surface area (Å²) < 4.78 is 65.7. The minimum absolute atomic E-state index is 0.0192. The summed E-state index contributed by atoms with van der Waals surface area (Å²) in [4.78, 5) is 8.63. The van der Waals surface area contributed by atoms with Gasteiger partial charge in [0.1, 0.15) is 30.0 Å². The SMILES string of the molecule is COc1cc(-c2cc(F)cc(F)c2)c(C)cc1-c1ncnc2cc(S(=O)(=O)Nc3ccon3)ccc12. The number of nitrogens with one attached hydrogen (secondary N) is 1. The normalized spacial score (nSPS) is 11.6. The summed E-state index contributed by atoms with van der Waals surface area (Å²) >= 11 is 0. The smallest absolute Gasteiger partial charge is 0.263 e. The first-order valence-corrected chi connectivity index (χ1v) is 12.1. The maximum atomic E-state index is 13.8. The van der Waals surface area contributed by atoms with Crippen LogP contribution in [0.4, 0.5) is 14.6 Å². The summed E-state index contributed by atoms with van der Waals surface area (Å²) in [6.45, 7) is 1.81. The highest BCUT2D eigenvalue weighted by Crippen LogP contribution is 2.39. The van der Waals surface area contributed by atoms with Gasteiger partial charge in [-0.25, -0.2) is 27.2 Å². The van der Waals surface area contributed by atoms with E-state index in [2.05, 4.69) is 24.4 Å². The molecule has 0 amide bonds. The van der Waals surface area contributed by atoms with Crippen molar-refractivity contribution in [2.24, 2.45) is 0 Å². The van der Waals surface area contributed by atoms with Crippen molar-refractivity contribution in [3.63, 3.8) is 0 Å². The number of aromatic nitrogens is 3. The Morgan fingerprint density at radius 1 is 0.944 bits per heavy atom. The molecule has 0 unspecified atom stereocenters. The van der Waals surface area contributed by atoms with E-state index < -0.39 is 21.7 Å². The van der Waals surface area contributed by atoms with E-state index in [0.717, 1.165) is 11.6 Å². The molecule has 0 radical (unpaired) electrons. The van der Waals surface area contributed by atoms with Crippen LogP contribution in [-0.2, 0) is 10.0 Å². The first kappa shape index (κ1) is 23.4. The van der Waals surface area contributed by atoms with E-state index in [1.54, 1.807) is 18.2 Å². The molecule has 0 spiro atoms. The molecular formula is C25H18F2N4O4S. The Morgan fingerprint density at radius 3 is 2.42 bits per heavy atom. The van der Waals surface area contributed by atoms with Crippen LogP contribution < -0.4 is 9.46 Å². The lowest BCUT2D eigenvalue weighted by Crippen LogP contribution is -2.13. The van der Waals surface area contributed by atoms with Crippen LogP contribution in [0.3, 0.4) is 0 Å². The second-order valence-corrected chi connectivity index (χ2v) is 9.60. The fraction of sp³-hybridized carbons (Fsp3) is 0.0800. The van der Waals surface area contributed by atoms with E-state index in [0.29, 0.717) is 39.0 Å². The molecule has 0 atom stereocenters. The van der Waals surface area contributed by atoms with E-state index in [-0.39, 0.29) is 10.7 Å². The molecule has 36 heavy (non-hydrogen) atoms. The van der Waals surface area contributed by atoms with Crippen molar-refractivity contribution in [3.8, 4) is 28.1 Å². The minimum Gasteiger partial charge on any atom is -0.496 e. The Morgan fingerprint density at radius 2 is 1.72 bits per heavy atom. The third-order valence-electron chi connectivity index (χ3n) is 5.57. The van der Waals surface area contributed by atoms with Crippen LogP contribution in [0.5, 0.6) is 5.75 Å². The van der Waals surface area contributed by atoms with Gasteiger partial charge in [-0.3, -0.25) is 4.72 Å². The van der Waals surface area contributed by atoms with Gasteiger partial charge in [-0.2, -0.15) is 0 Å². The molecule has 3 aromatic carbocycles. The zero-order valence-electron chi connectivity index (χ0n) is 19.0. The molecule has 0 saturated heterocycles. The summed E-state index contributed by atoms with van der Waals surface area (Å²) in [5, 5.41) is 4.15. The van der Waals surface area contributed by atoms with Crippen molar-refractivity contribution < 1.29 is 26.5 Å². The van der Waals surface area contributed by atoms with Crippen LogP contribution in [0, 0.1) is 18.6 Å². The van der Waals surface area contributed by atoms with Gasteiger partial charge in [-0.1, -0.05) is 5.16 Å². The number of fused-ring (bicyclic) bond motifs is 1. The summed E-state index contributed by atoms with van der Waals surface area (Å²) in [6, 6.07) is 12.6. The summed E-state index contributed by atoms with van der Waals surface area (Å²) in [7, 11) is -2.45. The first-order valence-electron chi connectivity index (χ1n) is 10.6. The monoisotopic (exact) mass is 508 g/mol. The van der Waals surface area contributed by atoms with Gasteiger partial charge >= 0.3 is 0 Å². The fourth-order valence-electron chi connectivity index (χ4n) is 3.94. The second-order valence-electron chi connectivity index (χ2n) is 7.92. The van der Waals surface area contributed by atoms with E-state index in [1.807, 2.05) is 6.92 Å². The van der Waals surface area contributed by atoms with E-state index >= 15 is 0 Å². The van der Waals surface area contributed by atoms with Crippen molar-refractivity contribution in [1.82, 2.24) is 15.1 Å². The largest absolute Gasteiger partial charge is 0.496 e. The number of methoxy groups -OCH3 is 1. The van der Waals surface area contributed by atoms with Gasteiger partial charge in [0, 0.05) is 23.1 Å². The molecule has 0 bridgehead atoms. The molecule has 5 rings (SSSR count). The summed E-state index contributed by atoms with van der Waals surface area (Å²) in [5.74, 6) is -0.891. The number of aryl methyl sites for hydroxylation is 1. The highest BCUT2D eigenvalue weighted by atomic mass is 32.2. The maximum absolute atomic E-state index is 13.8. The predicted molar refractivity (Wildman–Crippen MR) is 129 cm³/mol. The van der Waals surface area contributed by atoms with Crippen molar-refractivity contribution in [2.45, 2.75) is 11.8 Å². The summed E-state index contributed by atoms with van der Waals surface area (Å²) in [6.07, 6.45) is 2.58. The third-order valence-corrected chi connectivity index (χ3v) is 6.92. The number of nitrogens with zero attached hydrogens (tertiary/aromatic N) is 3. The van der Waals surface area contributed by atoms with Crippen LogP contribution in [0.2, 0.25) is 0 Å². The average Bonchev–Trinajstić information content (AvgIpc) is 3.35. The Bertz CT molecular complexity index is 1690. The zero-order valence-corrected chi connectivity index (χ0v) is 19.8. The van der Waals surface area contributed by atoms with Gasteiger partial charge in [0.25, 0.3) is 10.0 Å². The van der Waals surface area contributed by atoms with Crippen molar-refractivity contribution in [2.75, 3.05) is 11.8 Å². The van der Waals surface area contributed by atoms with Gasteiger partial charge < -0.3 is 9.26 Å². The Balaban J connectivity index is 1.60. The molecule has 8 nitrogen and oxygen atoms in total. The topological polar surface area (TPSA) is 107 Å². The number of anilines is 1. The molecule has 0 aliphatic carbocycles. The number of benzene rings is 3. The fourth-order valence-corrected chi connectivity index (χ4v) is 4.96. The standard InChI is InChI=1S/C25H18F2N4O4S/c1-14-7-21(23(34-2)12-20(14)15-8-16(26)10-17(27)9-15)25-19-4-3-18(11-22(19)28-13-29-25)36(32,33)31-24-5-6-35-30-24/h3-13H,1-2H3,(H,30,31). The molecule has 0 aliphatic heterocycles. The van der Waals surface area contributed by atoms with Gasteiger partial charge in [-0.05, 0) is 66.1 Å². The van der Waals surface area contributed by atoms with Crippen LogP contribution in [0.25, 0.3) is 33.3 Å². The maximum Gasteiger partial charge on any atom is 0.263 e. The van der Waals surface area contributed by atoms with Crippen molar-refractivity contribution in [1.29, 1.82) is 0 Å². The van der Waals surface area contributed by atoms with E-state index in [1.165, 1.54) is 50.0 Å². The number of rotatable bonds is 6. The predicted octanol–water partition coefficient (Wildman–Crippen LogP) is 5.35. The highest BCUT2D eigenvalue weighted by molar-refractivity contribution is 7.92. The van der Waals surface area contributed by atoms with E-state index in [4.69, 9.17) is 4.74 Å². The molecule has 0 fully saturated rings. The van der Waals surface area contributed by atoms with Crippen molar-refractivity contribution in [3.05, 3.63) is 84.4 Å². The van der Waals surface area contributed by atoms with Crippen molar-refractivity contribution >= 4 is 26.7 Å². The molecule has 182 valence electrons. The zero-order chi connectivity index (χ0) is 25.4. The molecule has 1 N–H and O–H groups in total. The van der Waals surface area contributed by atoms with Gasteiger partial charge in [0.05, 0.1) is 23.2 Å². The molecule has 2 aromatic heterocycles. The highest BCUT2D eigenvalue weighted by Gasteiger charge is 2.20. The Kier molecular flexibility index (Phi) is 5.84. The lowest BCUT2D eigenvalue weighted by Gasteiger charge is -2.15. The molecule has 5 aromatic rings. The number of halogens is 2. The van der Waals surface area contributed by atoms with Crippen LogP contribution in [0.15, 0.2) is 76.6 Å². The number of hydrogen-bond acceptors (Lipinski definition) is 7. The molecular weight excluding hydrogens is 490 g/mol. The second kappa shape index (κ2) is 9.00. The molecule has 11 heteroatoms. The first-order chi connectivity index (χ1) is 17.2. The number of ether oxygens (including phenoxy) is 1. The molecule has 0 saturated carbocycles. The average molecular weight is 509 g/mol. The lowest BCUT2D eigenvalue weighted by atomic mass is 9.95. The Labute approximate surface area is 204 Å². The third kappa shape index (κ3) is 4.36.